The summed E-state index contributed by atoms with van der Waals surface area (Å²) >= 11 is 5.94. The van der Waals surface area contributed by atoms with E-state index in [0.29, 0.717) is 0 Å². The van der Waals surface area contributed by atoms with Gasteiger partial charge in [-0.05, 0) is 55.5 Å². The fourth-order valence-corrected chi connectivity index (χ4v) is 2.52. The molecule has 0 aliphatic heterocycles. The molecule has 1 aromatic rings. The number of hydrogen-bond donors (Lipinski definition) is 1. The lowest BCUT2D eigenvalue weighted by molar-refractivity contribution is 0.410. The van der Waals surface area contributed by atoms with E-state index >= 15 is 0 Å². The summed E-state index contributed by atoms with van der Waals surface area (Å²) in [5.41, 5.74) is 1.40. The Morgan fingerprint density at radius 2 is 1.79 bits per heavy atom. The van der Waals surface area contributed by atoms with Crippen LogP contribution in [0.15, 0.2) is 24.3 Å². The summed E-state index contributed by atoms with van der Waals surface area (Å²) in [5, 5.41) is 4.32. The highest BCUT2D eigenvalue weighted by Gasteiger charge is 2.10. The quantitative estimate of drug-likeness (QED) is 0.676. The van der Waals surface area contributed by atoms with E-state index in [4.69, 9.17) is 11.6 Å². The molecule has 19 heavy (non-hydrogen) atoms. The molecule has 1 rings (SSSR count). The normalized spacial score (nSPS) is 12.9. The summed E-state index contributed by atoms with van der Waals surface area (Å²) in [6, 6.07) is 8.30. The van der Waals surface area contributed by atoms with Crippen LogP contribution in [0.3, 0.4) is 0 Å². The van der Waals surface area contributed by atoms with Gasteiger partial charge in [0.25, 0.3) is 0 Å². The van der Waals surface area contributed by atoms with Gasteiger partial charge in [0, 0.05) is 5.02 Å². The van der Waals surface area contributed by atoms with Crippen molar-refractivity contribution in [3.05, 3.63) is 34.9 Å². The fraction of sp³-hybridized carbons (Fsp3) is 0.647. The third-order valence-electron chi connectivity index (χ3n) is 3.51. The maximum absolute atomic E-state index is 5.94. The molecule has 1 aromatic carbocycles. The molecule has 0 amide bonds. The highest BCUT2D eigenvalue weighted by atomic mass is 35.5. The van der Waals surface area contributed by atoms with Gasteiger partial charge in [-0.25, -0.2) is 0 Å². The monoisotopic (exact) mass is 281 g/mol. The van der Waals surface area contributed by atoms with Crippen molar-refractivity contribution in [1.82, 2.24) is 5.32 Å². The molecule has 0 saturated heterocycles. The number of hydrogen-bond acceptors (Lipinski definition) is 1. The van der Waals surface area contributed by atoms with Crippen molar-refractivity contribution in [2.45, 2.75) is 46.5 Å². The minimum atomic E-state index is 0.736. The predicted octanol–water partition coefficient (Wildman–Crippen LogP) is 4.93. The second-order valence-corrected chi connectivity index (χ2v) is 6.27. The smallest absolute Gasteiger partial charge is 0.0406 e. The van der Waals surface area contributed by atoms with Gasteiger partial charge in [0.1, 0.15) is 0 Å². The molecule has 0 aromatic heterocycles. The van der Waals surface area contributed by atoms with Crippen molar-refractivity contribution in [3.63, 3.8) is 0 Å². The standard InChI is InChI=1S/C17H28ClN/c1-4-19-13-16(7-5-6-14(2)3)12-15-8-10-17(18)11-9-15/h8-11,14,16,19H,4-7,12-13H2,1-3H3. The third kappa shape index (κ3) is 7.59. The number of benzene rings is 1. The molecule has 1 nitrogen and oxygen atoms in total. The van der Waals surface area contributed by atoms with Crippen LogP contribution >= 0.6 is 11.6 Å². The Kier molecular flexibility index (Phi) is 8.16. The van der Waals surface area contributed by atoms with Crippen LogP contribution < -0.4 is 5.32 Å². The van der Waals surface area contributed by atoms with Crippen LogP contribution in [-0.2, 0) is 6.42 Å². The van der Waals surface area contributed by atoms with Crippen LogP contribution in [-0.4, -0.2) is 13.1 Å². The van der Waals surface area contributed by atoms with E-state index in [1.807, 2.05) is 12.1 Å². The molecule has 108 valence electrons. The summed E-state index contributed by atoms with van der Waals surface area (Å²) in [4.78, 5) is 0. The predicted molar refractivity (Wildman–Crippen MR) is 85.9 cm³/mol. The molecular weight excluding hydrogens is 254 g/mol. The Bertz CT molecular complexity index is 332. The van der Waals surface area contributed by atoms with Crippen molar-refractivity contribution in [2.24, 2.45) is 11.8 Å². The molecule has 0 radical (unpaired) electrons. The second kappa shape index (κ2) is 9.39. The molecule has 0 bridgehead atoms. The Morgan fingerprint density at radius 1 is 1.11 bits per heavy atom. The van der Waals surface area contributed by atoms with E-state index in [-0.39, 0.29) is 0 Å². The van der Waals surface area contributed by atoms with Crippen molar-refractivity contribution < 1.29 is 0 Å². The van der Waals surface area contributed by atoms with Crippen LogP contribution in [0, 0.1) is 11.8 Å². The summed E-state index contributed by atoms with van der Waals surface area (Å²) < 4.78 is 0. The number of halogens is 1. The molecule has 1 unspecified atom stereocenters. The molecule has 2 heteroatoms. The average Bonchev–Trinajstić information content (AvgIpc) is 2.38. The van der Waals surface area contributed by atoms with Crippen LogP contribution in [0.25, 0.3) is 0 Å². The van der Waals surface area contributed by atoms with Gasteiger partial charge in [-0.2, -0.15) is 0 Å². The van der Waals surface area contributed by atoms with Gasteiger partial charge in [0.15, 0.2) is 0 Å². The maximum Gasteiger partial charge on any atom is 0.0406 e. The Morgan fingerprint density at radius 3 is 2.37 bits per heavy atom. The number of nitrogens with one attached hydrogen (secondary N) is 1. The average molecular weight is 282 g/mol. The molecule has 0 heterocycles. The number of rotatable bonds is 9. The first-order valence-corrected chi connectivity index (χ1v) is 7.94. The first kappa shape index (κ1) is 16.5. The first-order valence-electron chi connectivity index (χ1n) is 7.57. The third-order valence-corrected chi connectivity index (χ3v) is 3.77. The van der Waals surface area contributed by atoms with E-state index in [1.165, 1.54) is 24.8 Å². The second-order valence-electron chi connectivity index (χ2n) is 5.83. The van der Waals surface area contributed by atoms with Crippen molar-refractivity contribution in [1.29, 1.82) is 0 Å². The minimum Gasteiger partial charge on any atom is -0.317 e. The van der Waals surface area contributed by atoms with Crippen molar-refractivity contribution >= 4 is 11.6 Å². The van der Waals surface area contributed by atoms with E-state index in [1.54, 1.807) is 0 Å². The SMILES string of the molecule is CCNCC(CCCC(C)C)Cc1ccc(Cl)cc1. The van der Waals surface area contributed by atoms with E-state index in [0.717, 1.165) is 36.4 Å². The van der Waals surface area contributed by atoms with Crippen LogP contribution in [0.2, 0.25) is 5.02 Å². The van der Waals surface area contributed by atoms with E-state index in [2.05, 4.69) is 38.2 Å². The zero-order chi connectivity index (χ0) is 14.1. The van der Waals surface area contributed by atoms with Crippen LogP contribution in [0.1, 0.15) is 45.6 Å². The maximum atomic E-state index is 5.94. The minimum absolute atomic E-state index is 0.736. The molecule has 1 atom stereocenters. The zero-order valence-electron chi connectivity index (χ0n) is 12.6. The van der Waals surface area contributed by atoms with Gasteiger partial charge >= 0.3 is 0 Å². The Balaban J connectivity index is 2.45. The first-order chi connectivity index (χ1) is 9.11. The van der Waals surface area contributed by atoms with Crippen LogP contribution in [0.5, 0.6) is 0 Å². The molecule has 1 N–H and O–H groups in total. The van der Waals surface area contributed by atoms with E-state index in [9.17, 15) is 0 Å². The lowest BCUT2D eigenvalue weighted by Crippen LogP contribution is -2.24. The Hall–Kier alpha value is -0.530. The summed E-state index contributed by atoms with van der Waals surface area (Å²) in [6.07, 6.45) is 5.14. The van der Waals surface area contributed by atoms with E-state index < -0.39 is 0 Å². The summed E-state index contributed by atoms with van der Waals surface area (Å²) in [5.74, 6) is 1.55. The summed E-state index contributed by atoms with van der Waals surface area (Å²) in [6.45, 7) is 8.96. The molecule has 0 fully saturated rings. The molecule has 0 aliphatic carbocycles. The molecule has 0 aliphatic rings. The Labute approximate surface area is 123 Å². The highest BCUT2D eigenvalue weighted by molar-refractivity contribution is 6.30. The van der Waals surface area contributed by atoms with Gasteiger partial charge in [0.2, 0.25) is 0 Å². The highest BCUT2D eigenvalue weighted by Crippen LogP contribution is 2.18. The topological polar surface area (TPSA) is 12.0 Å². The van der Waals surface area contributed by atoms with Crippen LogP contribution in [0.4, 0.5) is 0 Å². The molecule has 0 spiro atoms. The van der Waals surface area contributed by atoms with Gasteiger partial charge < -0.3 is 5.32 Å². The fourth-order valence-electron chi connectivity index (χ4n) is 2.39. The lowest BCUT2D eigenvalue weighted by atomic mass is 9.92. The van der Waals surface area contributed by atoms with Gasteiger partial charge in [-0.3, -0.25) is 0 Å². The zero-order valence-corrected chi connectivity index (χ0v) is 13.3. The summed E-state index contributed by atoms with van der Waals surface area (Å²) in [7, 11) is 0. The van der Waals surface area contributed by atoms with Gasteiger partial charge in [-0.15, -0.1) is 0 Å². The van der Waals surface area contributed by atoms with Crippen molar-refractivity contribution in [3.8, 4) is 0 Å². The molecular formula is C17H28ClN. The van der Waals surface area contributed by atoms with Gasteiger partial charge in [0.05, 0.1) is 0 Å². The molecule has 0 saturated carbocycles. The lowest BCUT2D eigenvalue weighted by Gasteiger charge is -2.18. The van der Waals surface area contributed by atoms with Crippen molar-refractivity contribution in [2.75, 3.05) is 13.1 Å². The largest absolute Gasteiger partial charge is 0.317 e. The van der Waals surface area contributed by atoms with Gasteiger partial charge in [-0.1, -0.05) is 57.3 Å².